The summed E-state index contributed by atoms with van der Waals surface area (Å²) in [7, 11) is -4.12. The average molecular weight is 430 g/mol. The lowest BCUT2D eigenvalue weighted by Crippen LogP contribution is -2.36. The standard InChI is InChI=1S/C20H16F2N4O3S/c21-15-5-16(22)7-19(6-15)30(28,29)18-2-1-17(24-10-18)9-25-20(27)26-11-13-3-4-23-8-14(13)12-26/h1-8,10H,9,11-12H2,(H,25,27). The Morgan fingerprint density at radius 3 is 2.40 bits per heavy atom. The highest BCUT2D eigenvalue weighted by Crippen LogP contribution is 2.23. The van der Waals surface area contributed by atoms with Crippen molar-refractivity contribution in [2.75, 3.05) is 0 Å². The minimum atomic E-state index is -4.12. The molecule has 0 saturated heterocycles. The van der Waals surface area contributed by atoms with Gasteiger partial charge in [-0.3, -0.25) is 9.97 Å². The lowest BCUT2D eigenvalue weighted by Gasteiger charge is -2.16. The summed E-state index contributed by atoms with van der Waals surface area (Å²) in [5.41, 5.74) is 2.47. The van der Waals surface area contributed by atoms with Gasteiger partial charge in [-0.05, 0) is 41.5 Å². The molecule has 10 heteroatoms. The number of urea groups is 1. The van der Waals surface area contributed by atoms with Gasteiger partial charge in [0.05, 0.1) is 22.0 Å². The van der Waals surface area contributed by atoms with E-state index in [1.54, 1.807) is 17.3 Å². The van der Waals surface area contributed by atoms with Crippen molar-refractivity contribution >= 4 is 15.9 Å². The van der Waals surface area contributed by atoms with Crippen LogP contribution in [0.5, 0.6) is 0 Å². The van der Waals surface area contributed by atoms with Crippen LogP contribution in [0.2, 0.25) is 0 Å². The third-order valence-corrected chi connectivity index (χ3v) is 6.41. The van der Waals surface area contributed by atoms with Crippen LogP contribution in [0.15, 0.2) is 64.8 Å². The van der Waals surface area contributed by atoms with E-state index in [0.717, 1.165) is 29.5 Å². The molecule has 3 heterocycles. The predicted octanol–water partition coefficient (Wildman–Crippen LogP) is 2.81. The van der Waals surface area contributed by atoms with Gasteiger partial charge < -0.3 is 10.2 Å². The zero-order valence-electron chi connectivity index (χ0n) is 15.5. The number of sulfone groups is 1. The maximum Gasteiger partial charge on any atom is 0.318 e. The monoisotopic (exact) mass is 430 g/mol. The normalized spacial score (nSPS) is 13.2. The van der Waals surface area contributed by atoms with Crippen LogP contribution >= 0.6 is 0 Å². The molecule has 0 aliphatic carbocycles. The van der Waals surface area contributed by atoms with Gasteiger partial charge in [0.25, 0.3) is 0 Å². The fourth-order valence-corrected chi connectivity index (χ4v) is 4.38. The Hall–Kier alpha value is -3.40. The molecule has 0 unspecified atom stereocenters. The van der Waals surface area contributed by atoms with Crippen LogP contribution in [0.1, 0.15) is 16.8 Å². The highest BCUT2D eigenvalue weighted by molar-refractivity contribution is 7.91. The van der Waals surface area contributed by atoms with Crippen molar-refractivity contribution < 1.29 is 22.0 Å². The molecule has 0 fully saturated rings. The van der Waals surface area contributed by atoms with E-state index >= 15 is 0 Å². The van der Waals surface area contributed by atoms with Crippen LogP contribution < -0.4 is 5.32 Å². The Morgan fingerprint density at radius 2 is 1.73 bits per heavy atom. The molecule has 1 aliphatic rings. The van der Waals surface area contributed by atoms with Gasteiger partial charge in [0.15, 0.2) is 0 Å². The number of amides is 2. The first-order chi connectivity index (χ1) is 14.3. The number of fused-ring (bicyclic) bond motifs is 1. The molecule has 30 heavy (non-hydrogen) atoms. The molecular formula is C20H16F2N4O3S. The second-order valence-electron chi connectivity index (χ2n) is 6.75. The number of benzene rings is 1. The number of hydrogen-bond donors (Lipinski definition) is 1. The van der Waals surface area contributed by atoms with Crippen molar-refractivity contribution in [3.63, 3.8) is 0 Å². The van der Waals surface area contributed by atoms with Gasteiger partial charge in [-0.25, -0.2) is 22.0 Å². The van der Waals surface area contributed by atoms with Crippen molar-refractivity contribution in [3.05, 3.63) is 83.4 Å². The van der Waals surface area contributed by atoms with Gasteiger partial charge in [-0.2, -0.15) is 0 Å². The number of hydrogen-bond acceptors (Lipinski definition) is 5. The number of aromatic nitrogens is 2. The van der Waals surface area contributed by atoms with Crippen molar-refractivity contribution in [2.24, 2.45) is 0 Å². The second kappa shape index (κ2) is 7.79. The highest BCUT2D eigenvalue weighted by atomic mass is 32.2. The largest absolute Gasteiger partial charge is 0.332 e. The van der Waals surface area contributed by atoms with Crippen molar-refractivity contribution in [1.29, 1.82) is 0 Å². The maximum absolute atomic E-state index is 13.4. The summed E-state index contributed by atoms with van der Waals surface area (Å²) in [5.74, 6) is -1.97. The number of rotatable bonds is 4. The second-order valence-corrected chi connectivity index (χ2v) is 8.70. The summed E-state index contributed by atoms with van der Waals surface area (Å²) in [4.78, 5) is 21.4. The molecule has 2 amide bonds. The van der Waals surface area contributed by atoms with Gasteiger partial charge in [-0.15, -0.1) is 0 Å². The fourth-order valence-electron chi connectivity index (χ4n) is 3.14. The smallest absolute Gasteiger partial charge is 0.318 e. The van der Waals surface area contributed by atoms with Crippen molar-refractivity contribution in [2.45, 2.75) is 29.4 Å². The van der Waals surface area contributed by atoms with Crippen LogP contribution in [0.4, 0.5) is 13.6 Å². The van der Waals surface area contributed by atoms with Crippen LogP contribution in [0, 0.1) is 11.6 Å². The Bertz CT molecular complexity index is 1170. The minimum Gasteiger partial charge on any atom is -0.332 e. The molecule has 154 valence electrons. The lowest BCUT2D eigenvalue weighted by molar-refractivity contribution is 0.198. The third kappa shape index (κ3) is 3.99. The zero-order valence-corrected chi connectivity index (χ0v) is 16.4. The molecule has 2 aromatic heterocycles. The Kier molecular flexibility index (Phi) is 5.17. The van der Waals surface area contributed by atoms with Gasteiger partial charge in [0.1, 0.15) is 11.6 Å². The number of carbonyl (C=O) groups excluding carboxylic acids is 1. The lowest BCUT2D eigenvalue weighted by atomic mass is 10.2. The summed E-state index contributed by atoms with van der Waals surface area (Å²) in [6.45, 7) is 1.04. The van der Waals surface area contributed by atoms with Crippen LogP contribution in [-0.4, -0.2) is 29.3 Å². The van der Waals surface area contributed by atoms with E-state index in [1.165, 1.54) is 12.1 Å². The van der Waals surface area contributed by atoms with Crippen LogP contribution in [0.3, 0.4) is 0 Å². The molecule has 1 aliphatic heterocycles. The zero-order chi connectivity index (χ0) is 21.3. The Labute approximate surface area is 171 Å². The molecule has 0 saturated carbocycles. The van der Waals surface area contributed by atoms with E-state index in [0.29, 0.717) is 24.8 Å². The summed E-state index contributed by atoms with van der Waals surface area (Å²) in [6, 6.07) is 6.40. The summed E-state index contributed by atoms with van der Waals surface area (Å²) in [6.07, 6.45) is 4.50. The van der Waals surface area contributed by atoms with Crippen molar-refractivity contribution in [3.8, 4) is 0 Å². The molecule has 0 bridgehead atoms. The molecule has 1 N–H and O–H groups in total. The van der Waals surface area contributed by atoms with Gasteiger partial charge in [0, 0.05) is 37.7 Å². The summed E-state index contributed by atoms with van der Waals surface area (Å²) in [5, 5.41) is 2.74. The SMILES string of the molecule is O=C(NCc1ccc(S(=O)(=O)c2cc(F)cc(F)c2)cn1)N1Cc2ccncc2C1. The summed E-state index contributed by atoms with van der Waals surface area (Å²) < 4.78 is 51.8. The van der Waals surface area contributed by atoms with Gasteiger partial charge >= 0.3 is 6.03 Å². The average Bonchev–Trinajstić information content (AvgIpc) is 3.16. The number of carbonyl (C=O) groups is 1. The van der Waals surface area contributed by atoms with E-state index in [2.05, 4.69) is 15.3 Å². The van der Waals surface area contributed by atoms with Crippen LogP contribution in [0.25, 0.3) is 0 Å². The first-order valence-corrected chi connectivity index (χ1v) is 10.4. The quantitative estimate of drug-likeness (QED) is 0.687. The molecule has 0 atom stereocenters. The molecule has 3 aromatic rings. The summed E-state index contributed by atoms with van der Waals surface area (Å²) >= 11 is 0. The first kappa shape index (κ1) is 19.9. The molecule has 1 aromatic carbocycles. The van der Waals surface area contributed by atoms with Gasteiger partial charge in [-0.1, -0.05) is 0 Å². The maximum atomic E-state index is 13.4. The topological polar surface area (TPSA) is 92.3 Å². The Balaban J connectivity index is 1.41. The van der Waals surface area contributed by atoms with Gasteiger partial charge in [0.2, 0.25) is 9.84 Å². The van der Waals surface area contributed by atoms with E-state index in [1.807, 2.05) is 6.07 Å². The third-order valence-electron chi connectivity index (χ3n) is 4.69. The molecule has 0 spiro atoms. The van der Waals surface area contributed by atoms with E-state index in [9.17, 15) is 22.0 Å². The number of nitrogens with zero attached hydrogens (tertiary/aromatic N) is 3. The van der Waals surface area contributed by atoms with E-state index < -0.39 is 26.4 Å². The highest BCUT2D eigenvalue weighted by Gasteiger charge is 2.23. The molecule has 4 rings (SSSR count). The van der Waals surface area contributed by atoms with E-state index in [-0.39, 0.29) is 17.5 Å². The first-order valence-electron chi connectivity index (χ1n) is 8.93. The molecular weight excluding hydrogens is 414 g/mol. The van der Waals surface area contributed by atoms with Crippen molar-refractivity contribution in [1.82, 2.24) is 20.2 Å². The minimum absolute atomic E-state index is 0.0961. The molecule has 0 radical (unpaired) electrons. The predicted molar refractivity (Wildman–Crippen MR) is 102 cm³/mol. The number of pyridine rings is 2. The number of nitrogens with one attached hydrogen (secondary N) is 1. The van der Waals surface area contributed by atoms with E-state index in [4.69, 9.17) is 0 Å². The number of halogens is 2. The fraction of sp³-hybridized carbons (Fsp3) is 0.150. The Morgan fingerprint density at radius 1 is 1.00 bits per heavy atom. The van der Waals surface area contributed by atoms with Crippen LogP contribution in [-0.2, 0) is 29.5 Å². The molecule has 7 nitrogen and oxygen atoms in total.